The number of pyridine rings is 1. The topological polar surface area (TPSA) is 107 Å². The molecule has 13 heteroatoms. The molecule has 4 rings (SSSR count). The van der Waals surface area contributed by atoms with Crippen molar-refractivity contribution < 1.29 is 27.1 Å². The Morgan fingerprint density at radius 2 is 2.28 bits per heavy atom. The quantitative estimate of drug-likeness (QED) is 0.558. The summed E-state index contributed by atoms with van der Waals surface area (Å²) < 4.78 is 59.3. The average Bonchev–Trinajstić information content (AvgIpc) is 3.34. The molecule has 1 aliphatic heterocycles. The summed E-state index contributed by atoms with van der Waals surface area (Å²) in [5.74, 6) is -2.34. The second kappa shape index (κ2) is 6.87. The van der Waals surface area contributed by atoms with E-state index in [1.54, 1.807) is 0 Å². The number of carbonyl (C=O) groups is 1. The lowest BCUT2D eigenvalue weighted by atomic mass is 9.86. The molecule has 0 aromatic carbocycles. The molecule has 0 spiro atoms. The van der Waals surface area contributed by atoms with Gasteiger partial charge < -0.3 is 15.8 Å². The normalized spacial score (nSPS) is 25.2. The van der Waals surface area contributed by atoms with Crippen LogP contribution < -0.4 is 11.1 Å². The maximum Gasteiger partial charge on any atom is 0.333 e. The number of alkyl halides is 3. The number of carbonyl (C=O) groups excluding carboxylic acids is 1. The van der Waals surface area contributed by atoms with Crippen molar-refractivity contribution in [3.05, 3.63) is 40.7 Å². The largest absolute Gasteiger partial charge is 0.462 e. The minimum Gasteiger partial charge on any atom is -0.462 e. The maximum atomic E-state index is 14.5. The van der Waals surface area contributed by atoms with Gasteiger partial charge in [0.25, 0.3) is 11.9 Å². The van der Waals surface area contributed by atoms with Crippen LogP contribution in [0, 0.1) is 11.9 Å². The highest BCUT2D eigenvalue weighted by atomic mass is 35.5. The van der Waals surface area contributed by atoms with Gasteiger partial charge in [0.15, 0.2) is 5.69 Å². The van der Waals surface area contributed by atoms with Gasteiger partial charge in [0.05, 0.1) is 23.1 Å². The third-order valence-corrected chi connectivity index (χ3v) is 5.07. The molecule has 29 heavy (non-hydrogen) atoms. The summed E-state index contributed by atoms with van der Waals surface area (Å²) in [6.45, 7) is -4.04. The van der Waals surface area contributed by atoms with Gasteiger partial charge in [-0.15, -0.1) is 0 Å². The summed E-state index contributed by atoms with van der Waals surface area (Å²) in [5.41, 5.74) is 3.27. The number of hydrogen-bond acceptors (Lipinski definition) is 6. The van der Waals surface area contributed by atoms with Crippen molar-refractivity contribution in [3.8, 4) is 0 Å². The van der Waals surface area contributed by atoms with Crippen LogP contribution in [0.15, 0.2) is 23.5 Å². The molecule has 3 heterocycles. The Labute approximate surface area is 165 Å². The molecule has 2 aliphatic rings. The Morgan fingerprint density at radius 3 is 2.93 bits per heavy atom. The molecule has 3 N–H and O–H groups in total. The number of aliphatic imine (C=N–C) groups is 1. The molecule has 154 valence electrons. The van der Waals surface area contributed by atoms with E-state index in [2.05, 4.69) is 20.4 Å². The van der Waals surface area contributed by atoms with Gasteiger partial charge in [-0.1, -0.05) is 11.6 Å². The third-order valence-electron chi connectivity index (χ3n) is 4.80. The first kappa shape index (κ1) is 19.4. The van der Waals surface area contributed by atoms with Crippen LogP contribution in [0.3, 0.4) is 0 Å². The van der Waals surface area contributed by atoms with Gasteiger partial charge in [-0.2, -0.15) is 18.3 Å². The molecule has 1 saturated carbocycles. The summed E-state index contributed by atoms with van der Waals surface area (Å²) in [7, 11) is 0. The van der Waals surface area contributed by atoms with Gasteiger partial charge in [-0.25, -0.2) is 19.0 Å². The second-order valence-corrected chi connectivity index (χ2v) is 7.01. The van der Waals surface area contributed by atoms with Crippen LogP contribution in [0.2, 0.25) is 5.02 Å². The molecule has 3 atom stereocenters. The van der Waals surface area contributed by atoms with E-state index in [0.717, 1.165) is 18.5 Å². The van der Waals surface area contributed by atoms with E-state index in [-0.39, 0.29) is 33.1 Å². The number of hydrogen-bond donors (Lipinski definition) is 2. The molecule has 2 aromatic rings. The maximum absolute atomic E-state index is 14.5. The van der Waals surface area contributed by atoms with E-state index in [4.69, 9.17) is 22.1 Å². The number of nitrogens with one attached hydrogen (secondary N) is 1. The third kappa shape index (κ3) is 3.26. The lowest BCUT2D eigenvalue weighted by Crippen LogP contribution is -2.40. The minimum atomic E-state index is -2.99. The van der Waals surface area contributed by atoms with E-state index in [1.165, 1.54) is 0 Å². The van der Waals surface area contributed by atoms with Crippen LogP contribution in [0.1, 0.15) is 29.0 Å². The van der Waals surface area contributed by atoms with Crippen molar-refractivity contribution in [1.29, 1.82) is 0 Å². The van der Waals surface area contributed by atoms with Crippen molar-refractivity contribution in [3.63, 3.8) is 0 Å². The summed E-state index contributed by atoms with van der Waals surface area (Å²) in [6.07, 6.45) is 1.83. The fourth-order valence-electron chi connectivity index (χ4n) is 3.36. The van der Waals surface area contributed by atoms with E-state index >= 15 is 0 Å². The van der Waals surface area contributed by atoms with Gasteiger partial charge >= 0.3 is 6.55 Å². The number of rotatable bonds is 5. The van der Waals surface area contributed by atoms with Gasteiger partial charge in [0.1, 0.15) is 18.3 Å². The van der Waals surface area contributed by atoms with Crippen LogP contribution >= 0.6 is 11.6 Å². The van der Waals surface area contributed by atoms with E-state index in [1.807, 2.05) is 0 Å². The van der Waals surface area contributed by atoms with Crippen molar-refractivity contribution in [1.82, 2.24) is 14.8 Å². The van der Waals surface area contributed by atoms with Crippen molar-refractivity contribution in [2.75, 3.05) is 12.0 Å². The number of ether oxygens (including phenoxy) is 1. The van der Waals surface area contributed by atoms with E-state index in [0.29, 0.717) is 6.42 Å². The summed E-state index contributed by atoms with van der Waals surface area (Å²) >= 11 is 5.77. The number of anilines is 1. The molecule has 8 nitrogen and oxygen atoms in total. The fourth-order valence-corrected chi connectivity index (χ4v) is 3.58. The lowest BCUT2D eigenvalue weighted by molar-refractivity contribution is 0.0561. The smallest absolute Gasteiger partial charge is 0.333 e. The first-order valence-electron chi connectivity index (χ1n) is 8.33. The molecule has 0 saturated heterocycles. The summed E-state index contributed by atoms with van der Waals surface area (Å²) in [5, 5.41) is 5.43. The number of aromatic nitrogens is 3. The standard InChI is InChI=1S/C16H13ClF4N6O2/c17-9-4-27(14(20)21)26-11(9)13(28)24-6-1-8(12(19)23-3-6)16(5-18)7-2-10(7)29-15(22)25-16/h1,3-4,7,10,14H,2,5H2,(H2,22,25)(H,24,28)/t7-,10+,16-/m0/s1. The zero-order valence-electron chi connectivity index (χ0n) is 14.5. The van der Waals surface area contributed by atoms with Crippen LogP contribution in [-0.2, 0) is 10.3 Å². The SMILES string of the molecule is NC1=N[C@](CF)(c2cc(NC(=O)c3nn(C(F)F)cc3Cl)cnc2F)[C@H]2C[C@H]2O1. The van der Waals surface area contributed by atoms with Gasteiger partial charge in [0.2, 0.25) is 5.95 Å². The summed E-state index contributed by atoms with van der Waals surface area (Å²) in [6, 6.07) is 0.898. The number of halogens is 5. The van der Waals surface area contributed by atoms with Crippen molar-refractivity contribution in [2.45, 2.75) is 24.6 Å². The molecule has 0 radical (unpaired) electrons. The van der Waals surface area contributed by atoms with Gasteiger partial charge in [-0.3, -0.25) is 4.79 Å². The van der Waals surface area contributed by atoms with E-state index < -0.39 is 42.2 Å². The Morgan fingerprint density at radius 1 is 1.52 bits per heavy atom. The highest BCUT2D eigenvalue weighted by molar-refractivity contribution is 6.34. The van der Waals surface area contributed by atoms with Crippen molar-refractivity contribution in [2.24, 2.45) is 16.6 Å². The zero-order valence-corrected chi connectivity index (χ0v) is 15.2. The van der Waals surface area contributed by atoms with Gasteiger partial charge in [0, 0.05) is 11.5 Å². The van der Waals surface area contributed by atoms with Crippen molar-refractivity contribution >= 4 is 29.2 Å². The molecule has 1 amide bonds. The lowest BCUT2D eigenvalue weighted by Gasteiger charge is -2.31. The average molecular weight is 433 g/mol. The Balaban J connectivity index is 1.66. The van der Waals surface area contributed by atoms with E-state index in [9.17, 15) is 22.4 Å². The van der Waals surface area contributed by atoms with Crippen LogP contribution in [-0.4, -0.2) is 39.5 Å². The number of nitrogens with two attached hydrogens (primary N) is 1. The van der Waals surface area contributed by atoms with Crippen LogP contribution in [0.4, 0.5) is 23.2 Å². The van der Waals surface area contributed by atoms with Crippen LogP contribution in [0.5, 0.6) is 0 Å². The minimum absolute atomic E-state index is 0.0284. The predicted octanol–water partition coefficient (Wildman–Crippen LogP) is 2.62. The number of amidine groups is 1. The molecule has 0 bridgehead atoms. The van der Waals surface area contributed by atoms with Crippen LogP contribution in [0.25, 0.3) is 0 Å². The first-order chi connectivity index (χ1) is 13.7. The molecule has 1 aliphatic carbocycles. The molecular weight excluding hydrogens is 420 g/mol. The highest BCUT2D eigenvalue weighted by Gasteiger charge is 2.60. The monoisotopic (exact) mass is 432 g/mol. The zero-order chi connectivity index (χ0) is 20.9. The molecule has 0 unspecified atom stereocenters. The first-order valence-corrected chi connectivity index (χ1v) is 8.71. The Bertz CT molecular complexity index is 1020. The summed E-state index contributed by atoms with van der Waals surface area (Å²) in [4.78, 5) is 19.9. The number of fused-ring (bicyclic) bond motifs is 1. The fraction of sp³-hybridized carbons (Fsp3) is 0.375. The molecular formula is C16H13ClF4N6O2. The Kier molecular flexibility index (Phi) is 4.60. The number of amides is 1. The second-order valence-electron chi connectivity index (χ2n) is 6.61. The molecule has 1 fully saturated rings. The molecule has 2 aromatic heterocycles. The number of nitrogens with zero attached hydrogens (tertiary/aromatic N) is 4. The predicted molar refractivity (Wildman–Crippen MR) is 92.9 cm³/mol. The highest BCUT2D eigenvalue weighted by Crippen LogP contribution is 2.53. The Hall–Kier alpha value is -2.89. The van der Waals surface area contributed by atoms with Gasteiger partial charge in [-0.05, 0) is 12.5 Å².